The minimum absolute atomic E-state index is 0.425. The van der Waals surface area contributed by atoms with Gasteiger partial charge in [0.1, 0.15) is 0 Å². The number of hydrogen-bond acceptors (Lipinski definition) is 3. The fourth-order valence-electron chi connectivity index (χ4n) is 3.91. The van der Waals surface area contributed by atoms with E-state index in [0.717, 1.165) is 19.6 Å². The van der Waals surface area contributed by atoms with Crippen molar-refractivity contribution in [3.63, 3.8) is 0 Å². The summed E-state index contributed by atoms with van der Waals surface area (Å²) in [6.07, 6.45) is 2.41. The molecule has 2 aromatic rings. The fraction of sp³-hybridized carbons (Fsp3) is 0.700. The van der Waals surface area contributed by atoms with E-state index in [1.807, 2.05) is 0 Å². The normalized spacial score (nSPS) is 17.1. The SMILES string of the molecule is Cc1nn(C(C)C)c(C)c1CN1CCC(c2cc(C(C)C)n[nH]2)CC1. The van der Waals surface area contributed by atoms with Crippen LogP contribution in [0.3, 0.4) is 0 Å². The van der Waals surface area contributed by atoms with Crippen LogP contribution < -0.4 is 0 Å². The van der Waals surface area contributed by atoms with Crippen LogP contribution in [0.4, 0.5) is 0 Å². The number of nitrogens with zero attached hydrogens (tertiary/aromatic N) is 4. The zero-order chi connectivity index (χ0) is 18.1. The van der Waals surface area contributed by atoms with E-state index >= 15 is 0 Å². The third kappa shape index (κ3) is 3.81. The van der Waals surface area contributed by atoms with Gasteiger partial charge in [-0.3, -0.25) is 14.7 Å². The molecule has 1 N–H and O–H groups in total. The Bertz CT molecular complexity index is 702. The average molecular weight is 344 g/mol. The van der Waals surface area contributed by atoms with Crippen molar-refractivity contribution >= 4 is 0 Å². The lowest BCUT2D eigenvalue weighted by atomic mass is 9.92. The summed E-state index contributed by atoms with van der Waals surface area (Å²) in [6, 6.07) is 2.69. The maximum Gasteiger partial charge on any atom is 0.0650 e. The maximum absolute atomic E-state index is 4.73. The predicted molar refractivity (Wildman–Crippen MR) is 102 cm³/mol. The minimum atomic E-state index is 0.425. The van der Waals surface area contributed by atoms with E-state index < -0.39 is 0 Å². The summed E-state index contributed by atoms with van der Waals surface area (Å²) in [5, 5.41) is 12.5. The van der Waals surface area contributed by atoms with E-state index in [9.17, 15) is 0 Å². The van der Waals surface area contributed by atoms with Gasteiger partial charge in [-0.05, 0) is 65.6 Å². The molecular weight excluding hydrogens is 310 g/mol. The summed E-state index contributed by atoms with van der Waals surface area (Å²) < 4.78 is 2.16. The lowest BCUT2D eigenvalue weighted by Gasteiger charge is -2.31. The van der Waals surface area contributed by atoms with Crippen molar-refractivity contribution in [3.8, 4) is 0 Å². The van der Waals surface area contributed by atoms with Crippen molar-refractivity contribution in [3.05, 3.63) is 34.4 Å². The Kier molecular flexibility index (Phi) is 5.32. The van der Waals surface area contributed by atoms with Gasteiger partial charge >= 0.3 is 0 Å². The summed E-state index contributed by atoms with van der Waals surface area (Å²) in [5.74, 6) is 1.12. The van der Waals surface area contributed by atoms with E-state index in [1.165, 1.54) is 41.2 Å². The van der Waals surface area contributed by atoms with Gasteiger partial charge < -0.3 is 0 Å². The minimum Gasteiger partial charge on any atom is -0.299 e. The first kappa shape index (κ1) is 18.2. The second kappa shape index (κ2) is 7.32. The van der Waals surface area contributed by atoms with Crippen LogP contribution in [0.1, 0.15) is 86.8 Å². The van der Waals surface area contributed by atoms with E-state index in [0.29, 0.717) is 17.9 Å². The van der Waals surface area contributed by atoms with Crippen LogP contribution in [-0.2, 0) is 6.54 Å². The zero-order valence-electron chi connectivity index (χ0n) is 16.6. The van der Waals surface area contributed by atoms with Gasteiger partial charge in [0.2, 0.25) is 0 Å². The van der Waals surface area contributed by atoms with Crippen molar-refractivity contribution in [2.75, 3.05) is 13.1 Å². The van der Waals surface area contributed by atoms with Crippen molar-refractivity contribution in [1.29, 1.82) is 0 Å². The average Bonchev–Trinajstić information content (AvgIpc) is 3.16. The number of nitrogens with one attached hydrogen (secondary N) is 1. The molecule has 0 aromatic carbocycles. The molecule has 5 nitrogen and oxygen atoms in total. The highest BCUT2D eigenvalue weighted by Gasteiger charge is 2.24. The van der Waals surface area contributed by atoms with Crippen LogP contribution in [-0.4, -0.2) is 38.0 Å². The first-order valence-electron chi connectivity index (χ1n) is 9.69. The Labute approximate surface area is 151 Å². The van der Waals surface area contributed by atoms with Crippen LogP contribution in [0, 0.1) is 13.8 Å². The van der Waals surface area contributed by atoms with Gasteiger partial charge in [0, 0.05) is 35.5 Å². The second-order valence-corrected chi connectivity index (χ2v) is 8.14. The molecule has 3 heterocycles. The van der Waals surface area contributed by atoms with Crippen LogP contribution in [0.2, 0.25) is 0 Å². The van der Waals surface area contributed by atoms with Gasteiger partial charge in [0.15, 0.2) is 0 Å². The zero-order valence-corrected chi connectivity index (χ0v) is 16.6. The summed E-state index contributed by atoms with van der Waals surface area (Å²) in [5.41, 5.74) is 6.43. The largest absolute Gasteiger partial charge is 0.299 e. The van der Waals surface area contributed by atoms with E-state index in [-0.39, 0.29) is 0 Å². The molecule has 0 aliphatic carbocycles. The topological polar surface area (TPSA) is 49.7 Å². The summed E-state index contributed by atoms with van der Waals surface area (Å²) in [4.78, 5) is 2.58. The molecule has 3 rings (SSSR count). The second-order valence-electron chi connectivity index (χ2n) is 8.14. The third-order valence-electron chi connectivity index (χ3n) is 5.58. The molecule has 0 unspecified atom stereocenters. The number of likely N-dealkylation sites (tertiary alicyclic amines) is 1. The number of aromatic amines is 1. The molecule has 0 radical (unpaired) electrons. The molecule has 0 saturated carbocycles. The smallest absolute Gasteiger partial charge is 0.0650 e. The lowest BCUT2D eigenvalue weighted by molar-refractivity contribution is 0.202. The molecule has 2 aromatic heterocycles. The van der Waals surface area contributed by atoms with Crippen LogP contribution in [0.5, 0.6) is 0 Å². The van der Waals surface area contributed by atoms with Gasteiger partial charge in [0.05, 0.1) is 11.4 Å². The Morgan fingerprint density at radius 3 is 2.36 bits per heavy atom. The predicted octanol–water partition coefficient (Wildman–Crippen LogP) is 4.31. The number of hydrogen-bond donors (Lipinski definition) is 1. The molecule has 5 heteroatoms. The van der Waals surface area contributed by atoms with Crippen LogP contribution in [0.15, 0.2) is 6.07 Å². The van der Waals surface area contributed by atoms with Crippen LogP contribution in [0.25, 0.3) is 0 Å². The molecule has 0 atom stereocenters. The third-order valence-corrected chi connectivity index (χ3v) is 5.58. The number of piperidine rings is 1. The van der Waals surface area contributed by atoms with Gasteiger partial charge in [-0.15, -0.1) is 0 Å². The van der Waals surface area contributed by atoms with Crippen molar-refractivity contribution in [2.45, 2.75) is 78.8 Å². The first-order chi connectivity index (χ1) is 11.9. The summed E-state index contributed by atoms with van der Waals surface area (Å²) in [6.45, 7) is 16.5. The highest BCUT2D eigenvalue weighted by Crippen LogP contribution is 2.29. The molecule has 0 amide bonds. The summed E-state index contributed by atoms with van der Waals surface area (Å²) >= 11 is 0. The molecule has 1 saturated heterocycles. The van der Waals surface area contributed by atoms with Gasteiger partial charge in [-0.2, -0.15) is 10.2 Å². The van der Waals surface area contributed by atoms with Gasteiger partial charge in [0.25, 0.3) is 0 Å². The molecule has 0 bridgehead atoms. The van der Waals surface area contributed by atoms with Crippen molar-refractivity contribution < 1.29 is 0 Å². The Morgan fingerprint density at radius 2 is 1.84 bits per heavy atom. The number of rotatable bonds is 5. The summed E-state index contributed by atoms with van der Waals surface area (Å²) in [7, 11) is 0. The molecule has 1 aliphatic heterocycles. The van der Waals surface area contributed by atoms with E-state index in [4.69, 9.17) is 5.10 Å². The maximum atomic E-state index is 4.73. The highest BCUT2D eigenvalue weighted by molar-refractivity contribution is 5.25. The monoisotopic (exact) mass is 343 g/mol. The Morgan fingerprint density at radius 1 is 1.16 bits per heavy atom. The fourth-order valence-corrected chi connectivity index (χ4v) is 3.91. The molecule has 1 aliphatic rings. The molecular formula is C20H33N5. The molecule has 25 heavy (non-hydrogen) atoms. The lowest BCUT2D eigenvalue weighted by Crippen LogP contribution is -2.32. The van der Waals surface area contributed by atoms with Crippen molar-refractivity contribution in [2.24, 2.45) is 0 Å². The van der Waals surface area contributed by atoms with E-state index in [1.54, 1.807) is 0 Å². The highest BCUT2D eigenvalue weighted by atomic mass is 15.3. The standard InChI is InChI=1S/C20H33N5/c1-13(2)19-11-20(22-21-19)17-7-9-24(10-8-17)12-18-15(5)23-25(14(3)4)16(18)6/h11,13-14,17H,7-10,12H2,1-6H3,(H,21,22). The Hall–Kier alpha value is -1.62. The van der Waals surface area contributed by atoms with Gasteiger partial charge in [-0.1, -0.05) is 13.8 Å². The van der Waals surface area contributed by atoms with E-state index in [2.05, 4.69) is 67.4 Å². The number of aryl methyl sites for hydroxylation is 1. The number of H-pyrrole nitrogens is 1. The molecule has 0 spiro atoms. The van der Waals surface area contributed by atoms with Crippen molar-refractivity contribution in [1.82, 2.24) is 24.9 Å². The van der Waals surface area contributed by atoms with Gasteiger partial charge in [-0.25, -0.2) is 0 Å². The van der Waals surface area contributed by atoms with Crippen LogP contribution >= 0.6 is 0 Å². The first-order valence-corrected chi connectivity index (χ1v) is 9.69. The molecule has 138 valence electrons. The number of aromatic nitrogens is 4. The quantitative estimate of drug-likeness (QED) is 0.880. The molecule has 1 fully saturated rings. The Balaban J connectivity index is 1.61.